The van der Waals surface area contributed by atoms with Crippen LogP contribution in [0.25, 0.3) is 0 Å². The molecule has 24 heavy (non-hydrogen) atoms. The number of carbonyl (C=O) groups excluding carboxylic acids is 1. The first-order valence-electron chi connectivity index (χ1n) is 8.38. The zero-order valence-electron chi connectivity index (χ0n) is 13.6. The number of amides is 1. The number of carbonyl (C=O) groups is 1. The highest BCUT2D eigenvalue weighted by Gasteiger charge is 2.33. The molecule has 3 heterocycles. The van der Waals surface area contributed by atoms with Crippen molar-refractivity contribution in [1.82, 2.24) is 19.6 Å². The average molecular weight is 347 g/mol. The Morgan fingerprint density at radius 3 is 2.75 bits per heavy atom. The van der Waals surface area contributed by atoms with E-state index in [2.05, 4.69) is 15.5 Å². The maximum absolute atomic E-state index is 12.7. The summed E-state index contributed by atoms with van der Waals surface area (Å²) in [6.45, 7) is 0. The molecule has 0 unspecified atom stereocenters. The Hall–Kier alpha value is -1.96. The normalized spacial score (nSPS) is 22.0. The van der Waals surface area contributed by atoms with E-state index in [1.54, 1.807) is 10.9 Å². The Morgan fingerprint density at radius 1 is 1.25 bits per heavy atom. The predicted octanol–water partition coefficient (Wildman–Crippen LogP) is 2.19. The fraction of sp³-hybridized carbons (Fsp3) is 0.562. The number of fused-ring (bicyclic) bond motifs is 1. The van der Waals surface area contributed by atoms with E-state index in [0.29, 0.717) is 17.1 Å². The van der Waals surface area contributed by atoms with E-state index in [4.69, 9.17) is 0 Å². The van der Waals surface area contributed by atoms with Crippen LogP contribution in [0.3, 0.4) is 0 Å². The van der Waals surface area contributed by atoms with Gasteiger partial charge in [-0.15, -0.1) is 11.8 Å². The van der Waals surface area contributed by atoms with Crippen LogP contribution in [0.15, 0.2) is 17.2 Å². The highest BCUT2D eigenvalue weighted by atomic mass is 32.2. The van der Waals surface area contributed by atoms with Gasteiger partial charge in [-0.2, -0.15) is 5.10 Å². The van der Waals surface area contributed by atoms with Crippen molar-refractivity contribution >= 4 is 23.5 Å². The molecule has 1 atom stereocenters. The topological polar surface area (TPSA) is 84.7 Å². The first kappa shape index (κ1) is 15.6. The molecule has 1 aliphatic carbocycles. The van der Waals surface area contributed by atoms with E-state index in [9.17, 15) is 9.59 Å². The number of hydrogen-bond acceptors (Lipinski definition) is 4. The molecule has 0 aromatic carbocycles. The number of nitrogens with zero attached hydrogens (tertiary/aromatic N) is 3. The lowest BCUT2D eigenvalue weighted by Crippen LogP contribution is -2.21. The van der Waals surface area contributed by atoms with Gasteiger partial charge < -0.3 is 5.32 Å². The number of nitrogens with one attached hydrogen (secondary N) is 2. The summed E-state index contributed by atoms with van der Waals surface area (Å²) in [5, 5.41) is 9.99. The van der Waals surface area contributed by atoms with Crippen LogP contribution in [0.5, 0.6) is 0 Å². The zero-order chi connectivity index (χ0) is 16.7. The van der Waals surface area contributed by atoms with Gasteiger partial charge >= 0.3 is 0 Å². The minimum Gasteiger partial charge on any atom is -0.310 e. The fourth-order valence-corrected chi connectivity index (χ4v) is 4.79. The Labute approximate surface area is 143 Å². The molecule has 0 spiro atoms. The van der Waals surface area contributed by atoms with E-state index < -0.39 is 0 Å². The molecule has 1 amide bonds. The molecule has 1 aliphatic heterocycles. The molecule has 2 aromatic rings. The number of aryl methyl sites for hydroxylation is 1. The lowest BCUT2D eigenvalue weighted by Gasteiger charge is -2.24. The second-order valence-electron chi connectivity index (χ2n) is 6.55. The van der Waals surface area contributed by atoms with Gasteiger partial charge in [-0.25, -0.2) is 0 Å². The molecule has 2 aromatic heterocycles. The predicted molar refractivity (Wildman–Crippen MR) is 93.3 cm³/mol. The molecular formula is C16H21N5O2S. The Kier molecular flexibility index (Phi) is 3.99. The number of H-pyrrole nitrogens is 1. The van der Waals surface area contributed by atoms with Crippen LogP contribution >= 0.6 is 11.8 Å². The second kappa shape index (κ2) is 6.16. The molecule has 0 bridgehead atoms. The van der Waals surface area contributed by atoms with Crippen molar-refractivity contribution in [3.05, 3.63) is 33.9 Å². The molecule has 8 heteroatoms. The molecule has 2 N–H and O–H groups in total. The first-order chi connectivity index (χ1) is 11.6. The fourth-order valence-electron chi connectivity index (χ4n) is 3.70. The van der Waals surface area contributed by atoms with E-state index in [1.165, 1.54) is 18.2 Å². The molecule has 4 rings (SSSR count). The molecular weight excluding hydrogens is 326 g/mol. The summed E-state index contributed by atoms with van der Waals surface area (Å²) in [7, 11) is 1.85. The number of thioether (sulfide) groups is 1. The van der Waals surface area contributed by atoms with Crippen molar-refractivity contribution in [2.24, 2.45) is 7.05 Å². The van der Waals surface area contributed by atoms with Crippen molar-refractivity contribution in [3.63, 3.8) is 0 Å². The molecule has 7 nitrogen and oxygen atoms in total. The lowest BCUT2D eigenvalue weighted by atomic mass is 9.95. The van der Waals surface area contributed by atoms with Gasteiger partial charge in [0.15, 0.2) is 0 Å². The molecule has 0 saturated heterocycles. The van der Waals surface area contributed by atoms with Gasteiger partial charge in [-0.05, 0) is 12.8 Å². The minimum absolute atomic E-state index is 0.0591. The molecule has 0 radical (unpaired) electrons. The Morgan fingerprint density at radius 2 is 2.04 bits per heavy atom. The molecule has 1 saturated carbocycles. The van der Waals surface area contributed by atoms with E-state index in [0.717, 1.165) is 31.2 Å². The van der Waals surface area contributed by atoms with Gasteiger partial charge in [0.05, 0.1) is 28.8 Å². The maximum Gasteiger partial charge on any atom is 0.270 e. The van der Waals surface area contributed by atoms with Gasteiger partial charge in [0.2, 0.25) is 5.91 Å². The quantitative estimate of drug-likeness (QED) is 0.872. The average Bonchev–Trinajstić information content (AvgIpc) is 3.08. The van der Waals surface area contributed by atoms with Crippen LogP contribution in [-0.2, 0) is 11.8 Å². The summed E-state index contributed by atoms with van der Waals surface area (Å²) in [6, 6.07) is 0.258. The SMILES string of the molecule is Cn1cc([C@@H]2SCC(=O)Nc3c2c(=O)[nH]n3C2CCCCC2)cn1. The Balaban J connectivity index is 1.81. The van der Waals surface area contributed by atoms with Crippen LogP contribution in [-0.4, -0.2) is 31.2 Å². The van der Waals surface area contributed by atoms with Crippen molar-refractivity contribution in [2.75, 3.05) is 11.1 Å². The third-order valence-corrected chi connectivity index (χ3v) is 6.10. The summed E-state index contributed by atoms with van der Waals surface area (Å²) >= 11 is 1.48. The van der Waals surface area contributed by atoms with E-state index >= 15 is 0 Å². The highest BCUT2D eigenvalue weighted by molar-refractivity contribution is 8.00. The van der Waals surface area contributed by atoms with Gasteiger partial charge in [-0.3, -0.25) is 24.1 Å². The summed E-state index contributed by atoms with van der Waals surface area (Å²) in [4.78, 5) is 24.9. The molecule has 128 valence electrons. The zero-order valence-corrected chi connectivity index (χ0v) is 14.4. The van der Waals surface area contributed by atoms with Crippen molar-refractivity contribution in [2.45, 2.75) is 43.4 Å². The van der Waals surface area contributed by atoms with Crippen molar-refractivity contribution in [3.8, 4) is 0 Å². The van der Waals surface area contributed by atoms with E-state index in [-0.39, 0.29) is 22.8 Å². The van der Waals surface area contributed by atoms with Gasteiger partial charge in [0.25, 0.3) is 5.56 Å². The molecule has 2 aliphatic rings. The number of rotatable bonds is 2. The lowest BCUT2D eigenvalue weighted by molar-refractivity contribution is -0.113. The van der Waals surface area contributed by atoms with Crippen LogP contribution < -0.4 is 10.9 Å². The summed E-state index contributed by atoms with van der Waals surface area (Å²) < 4.78 is 3.63. The number of hydrogen-bond donors (Lipinski definition) is 2. The van der Waals surface area contributed by atoms with Crippen LogP contribution in [0.4, 0.5) is 5.82 Å². The second-order valence-corrected chi connectivity index (χ2v) is 7.65. The smallest absolute Gasteiger partial charge is 0.270 e. The number of aromatic nitrogens is 4. The van der Waals surface area contributed by atoms with Gasteiger partial charge in [0, 0.05) is 18.8 Å². The number of anilines is 1. The summed E-state index contributed by atoms with van der Waals surface area (Å²) in [5.41, 5.74) is 1.48. The Bertz CT molecular complexity index is 815. The third-order valence-electron chi connectivity index (χ3n) is 4.83. The molecule has 1 fully saturated rings. The monoisotopic (exact) mass is 347 g/mol. The van der Waals surface area contributed by atoms with E-state index in [1.807, 2.05) is 17.9 Å². The summed E-state index contributed by atoms with van der Waals surface area (Å²) in [6.07, 6.45) is 9.33. The van der Waals surface area contributed by atoms with Crippen LogP contribution in [0, 0.1) is 0 Å². The van der Waals surface area contributed by atoms with Gasteiger partial charge in [0.1, 0.15) is 5.82 Å². The number of aromatic amines is 1. The van der Waals surface area contributed by atoms with Crippen LogP contribution in [0.2, 0.25) is 0 Å². The standard InChI is InChI=1S/C16H21N5O2S/c1-20-8-10(7-17-20)14-13-15(18-12(22)9-24-14)21(19-16(13)23)11-5-3-2-4-6-11/h7-8,11,14H,2-6,9H2,1H3,(H,18,22)(H,19,23)/t14-/m0/s1. The third kappa shape index (κ3) is 2.68. The maximum atomic E-state index is 12.7. The summed E-state index contributed by atoms with van der Waals surface area (Å²) in [5.74, 6) is 0.921. The van der Waals surface area contributed by atoms with Crippen molar-refractivity contribution < 1.29 is 4.79 Å². The highest BCUT2D eigenvalue weighted by Crippen LogP contribution is 2.41. The van der Waals surface area contributed by atoms with Crippen LogP contribution in [0.1, 0.15) is 54.5 Å². The largest absolute Gasteiger partial charge is 0.310 e. The minimum atomic E-state index is -0.179. The van der Waals surface area contributed by atoms with Gasteiger partial charge in [-0.1, -0.05) is 19.3 Å². The first-order valence-corrected chi connectivity index (χ1v) is 9.43. The van der Waals surface area contributed by atoms with Crippen molar-refractivity contribution in [1.29, 1.82) is 0 Å².